The summed E-state index contributed by atoms with van der Waals surface area (Å²) in [7, 11) is 1.54. The first-order valence-electron chi connectivity index (χ1n) is 4.08. The summed E-state index contributed by atoms with van der Waals surface area (Å²) >= 11 is 0. The van der Waals surface area contributed by atoms with Gasteiger partial charge in [-0.05, 0) is 18.1 Å². The van der Waals surface area contributed by atoms with Gasteiger partial charge in [-0.1, -0.05) is 6.07 Å². The number of aryl methyl sites for hydroxylation is 1. The fourth-order valence-corrected chi connectivity index (χ4v) is 1.25. The number of ether oxygens (including phenoxy) is 1. The molecule has 0 aromatic heterocycles. The fraction of sp³-hybridized carbons (Fsp3) is 0.333. The molecule has 5 heteroatoms. The number of anilines is 1. The summed E-state index contributed by atoms with van der Waals surface area (Å²) < 4.78 is 4.89. The Bertz CT molecular complexity index is 363. The Kier molecular flexibility index (Phi) is 3.03. The van der Waals surface area contributed by atoms with Crippen LogP contribution in [0.5, 0.6) is 0 Å². The summed E-state index contributed by atoms with van der Waals surface area (Å²) in [6.45, 7) is 2.09. The molecule has 0 radical (unpaired) electrons. The van der Waals surface area contributed by atoms with Crippen molar-refractivity contribution in [3.8, 4) is 0 Å². The Morgan fingerprint density at radius 3 is 2.71 bits per heavy atom. The predicted octanol–water partition coefficient (Wildman–Crippen LogP) is 1.63. The highest BCUT2D eigenvalue weighted by atomic mass is 16.6. The summed E-state index contributed by atoms with van der Waals surface area (Å²) in [6.07, 6.45) is 0. The molecule has 1 aromatic carbocycles. The van der Waals surface area contributed by atoms with Crippen molar-refractivity contribution in [2.24, 2.45) is 0 Å². The summed E-state index contributed by atoms with van der Waals surface area (Å²) in [5.74, 6) is 0. The third-order valence-electron chi connectivity index (χ3n) is 1.93. The number of hydrogen-bond acceptors (Lipinski definition) is 4. The second-order valence-corrected chi connectivity index (χ2v) is 3.04. The molecule has 0 aliphatic heterocycles. The van der Waals surface area contributed by atoms with Crippen LogP contribution >= 0.6 is 0 Å². The minimum atomic E-state index is -0.485. The second kappa shape index (κ2) is 4.06. The zero-order valence-electron chi connectivity index (χ0n) is 8.11. The first kappa shape index (κ1) is 10.5. The zero-order valence-corrected chi connectivity index (χ0v) is 8.11. The standard InChI is InChI=1S/C9H12N2O3/c1-6-3-7(5-14-2)4-8(9(6)10)11(12)13/h3-4H,5,10H2,1-2H3. The van der Waals surface area contributed by atoms with Gasteiger partial charge in [0, 0.05) is 13.2 Å². The molecule has 1 rings (SSSR count). The molecule has 0 aliphatic carbocycles. The molecule has 0 unspecified atom stereocenters. The van der Waals surface area contributed by atoms with Crippen molar-refractivity contribution >= 4 is 11.4 Å². The number of nitro groups is 1. The lowest BCUT2D eigenvalue weighted by atomic mass is 10.1. The van der Waals surface area contributed by atoms with E-state index in [0.717, 1.165) is 5.56 Å². The van der Waals surface area contributed by atoms with Gasteiger partial charge in [-0.15, -0.1) is 0 Å². The third-order valence-corrected chi connectivity index (χ3v) is 1.93. The fourth-order valence-electron chi connectivity index (χ4n) is 1.25. The van der Waals surface area contributed by atoms with Gasteiger partial charge in [0.25, 0.3) is 5.69 Å². The molecule has 0 bridgehead atoms. The summed E-state index contributed by atoms with van der Waals surface area (Å²) in [5.41, 5.74) is 7.18. The van der Waals surface area contributed by atoms with Crippen LogP contribution in [-0.4, -0.2) is 12.0 Å². The van der Waals surface area contributed by atoms with Crippen LogP contribution in [0.15, 0.2) is 12.1 Å². The maximum Gasteiger partial charge on any atom is 0.292 e. The highest BCUT2D eigenvalue weighted by molar-refractivity contribution is 5.64. The lowest BCUT2D eigenvalue weighted by Crippen LogP contribution is -2.00. The van der Waals surface area contributed by atoms with E-state index in [0.29, 0.717) is 12.2 Å². The van der Waals surface area contributed by atoms with Gasteiger partial charge in [0.1, 0.15) is 5.69 Å². The van der Waals surface area contributed by atoms with Crippen molar-refractivity contribution in [3.63, 3.8) is 0 Å². The normalized spacial score (nSPS) is 10.1. The number of rotatable bonds is 3. The van der Waals surface area contributed by atoms with Gasteiger partial charge < -0.3 is 10.5 Å². The first-order valence-corrected chi connectivity index (χ1v) is 4.08. The van der Waals surface area contributed by atoms with E-state index in [-0.39, 0.29) is 11.4 Å². The number of nitro benzene ring substituents is 1. The van der Waals surface area contributed by atoms with E-state index in [4.69, 9.17) is 10.5 Å². The van der Waals surface area contributed by atoms with Crippen molar-refractivity contribution < 1.29 is 9.66 Å². The van der Waals surface area contributed by atoms with E-state index in [2.05, 4.69) is 0 Å². The largest absolute Gasteiger partial charge is 0.393 e. The van der Waals surface area contributed by atoms with Gasteiger partial charge in [0.2, 0.25) is 0 Å². The molecule has 1 aromatic rings. The van der Waals surface area contributed by atoms with Crippen LogP contribution in [0, 0.1) is 17.0 Å². The van der Waals surface area contributed by atoms with Crippen LogP contribution in [0.3, 0.4) is 0 Å². The van der Waals surface area contributed by atoms with Gasteiger partial charge >= 0.3 is 0 Å². The number of nitrogens with zero attached hydrogens (tertiary/aromatic N) is 1. The van der Waals surface area contributed by atoms with E-state index in [9.17, 15) is 10.1 Å². The third kappa shape index (κ3) is 2.00. The number of methoxy groups -OCH3 is 1. The average molecular weight is 196 g/mol. The van der Waals surface area contributed by atoms with Crippen LogP contribution in [-0.2, 0) is 11.3 Å². The molecular formula is C9H12N2O3. The van der Waals surface area contributed by atoms with Gasteiger partial charge in [0.15, 0.2) is 0 Å². The van der Waals surface area contributed by atoms with Crippen molar-refractivity contribution in [2.75, 3.05) is 12.8 Å². The topological polar surface area (TPSA) is 78.4 Å². The van der Waals surface area contributed by atoms with E-state index in [1.807, 2.05) is 0 Å². The van der Waals surface area contributed by atoms with E-state index in [1.165, 1.54) is 13.2 Å². The molecule has 0 saturated heterocycles. The Balaban J connectivity index is 3.21. The molecule has 14 heavy (non-hydrogen) atoms. The monoisotopic (exact) mass is 196 g/mol. The minimum Gasteiger partial charge on any atom is -0.393 e. The maximum atomic E-state index is 10.6. The van der Waals surface area contributed by atoms with Crippen molar-refractivity contribution in [3.05, 3.63) is 33.4 Å². The molecule has 5 nitrogen and oxygen atoms in total. The van der Waals surface area contributed by atoms with E-state index < -0.39 is 4.92 Å². The van der Waals surface area contributed by atoms with Crippen molar-refractivity contribution in [2.45, 2.75) is 13.5 Å². The maximum absolute atomic E-state index is 10.6. The van der Waals surface area contributed by atoms with Gasteiger partial charge in [-0.25, -0.2) is 0 Å². The highest BCUT2D eigenvalue weighted by Crippen LogP contribution is 2.26. The van der Waals surface area contributed by atoms with Crippen LogP contribution < -0.4 is 5.73 Å². The minimum absolute atomic E-state index is 0.0583. The van der Waals surface area contributed by atoms with E-state index in [1.54, 1.807) is 13.0 Å². The molecule has 0 aliphatic rings. The predicted molar refractivity (Wildman–Crippen MR) is 53.0 cm³/mol. The molecule has 76 valence electrons. The van der Waals surface area contributed by atoms with Crippen molar-refractivity contribution in [1.82, 2.24) is 0 Å². The Labute approximate surface area is 81.6 Å². The van der Waals surface area contributed by atoms with Crippen molar-refractivity contribution in [1.29, 1.82) is 0 Å². The quantitative estimate of drug-likeness (QED) is 0.452. The SMILES string of the molecule is COCc1cc(C)c(N)c([N+](=O)[O-])c1. The lowest BCUT2D eigenvalue weighted by Gasteiger charge is -2.05. The molecule has 0 heterocycles. The van der Waals surface area contributed by atoms with Gasteiger partial charge in [-0.3, -0.25) is 10.1 Å². The molecule has 2 N–H and O–H groups in total. The lowest BCUT2D eigenvalue weighted by molar-refractivity contribution is -0.384. The summed E-state index contributed by atoms with van der Waals surface area (Å²) in [4.78, 5) is 10.1. The number of nitrogens with two attached hydrogens (primary N) is 1. The molecule has 0 amide bonds. The smallest absolute Gasteiger partial charge is 0.292 e. The molecular weight excluding hydrogens is 184 g/mol. The second-order valence-electron chi connectivity index (χ2n) is 3.04. The average Bonchev–Trinajstić information content (AvgIpc) is 2.11. The molecule has 0 atom stereocenters. The summed E-state index contributed by atoms with van der Waals surface area (Å²) in [5, 5.41) is 10.6. The van der Waals surface area contributed by atoms with Gasteiger partial charge in [-0.2, -0.15) is 0 Å². The van der Waals surface area contributed by atoms with Crippen LogP contribution in [0.1, 0.15) is 11.1 Å². The Morgan fingerprint density at radius 2 is 2.21 bits per heavy atom. The number of hydrogen-bond donors (Lipinski definition) is 1. The molecule has 0 fully saturated rings. The van der Waals surface area contributed by atoms with Crippen LogP contribution in [0.2, 0.25) is 0 Å². The highest BCUT2D eigenvalue weighted by Gasteiger charge is 2.14. The van der Waals surface area contributed by atoms with Crippen LogP contribution in [0.25, 0.3) is 0 Å². The van der Waals surface area contributed by atoms with Crippen LogP contribution in [0.4, 0.5) is 11.4 Å². The first-order chi connectivity index (χ1) is 6.56. The van der Waals surface area contributed by atoms with Gasteiger partial charge in [0.05, 0.1) is 11.5 Å². The molecule has 0 spiro atoms. The Hall–Kier alpha value is -1.62. The summed E-state index contributed by atoms with van der Waals surface area (Å²) in [6, 6.07) is 3.22. The number of benzene rings is 1. The Morgan fingerprint density at radius 1 is 1.57 bits per heavy atom. The molecule has 0 saturated carbocycles. The number of nitrogen functional groups attached to an aromatic ring is 1. The zero-order chi connectivity index (χ0) is 10.7. The van der Waals surface area contributed by atoms with E-state index >= 15 is 0 Å².